The Morgan fingerprint density at radius 1 is 1.00 bits per heavy atom. The largest absolute Gasteiger partial charge is 0.493 e. The molecular weight excluding hydrogens is 353 g/mol. The zero-order valence-corrected chi connectivity index (χ0v) is 12.8. The first-order chi connectivity index (χ1) is 9.21. The third-order valence-electron chi connectivity index (χ3n) is 2.81. The molecule has 0 aliphatic carbocycles. The van der Waals surface area contributed by atoms with E-state index in [1.54, 1.807) is 14.2 Å². The van der Waals surface area contributed by atoms with Crippen LogP contribution in [-0.2, 0) is 0 Å². The Bertz CT molecular complexity index is 647. The molecule has 2 rings (SSSR count). The van der Waals surface area contributed by atoms with Crippen LogP contribution >= 0.6 is 22.6 Å². The highest BCUT2D eigenvalue weighted by atomic mass is 127. The first kappa shape index (κ1) is 13.7. The standard InChI is InChI=1S/C15H12INO2/c1-18-14-7-12(13(16)8-15(14)19-2)11-6-4-3-5-10(11)9-17/h3-8H,1-2H3. The number of benzene rings is 2. The Morgan fingerprint density at radius 3 is 2.26 bits per heavy atom. The fourth-order valence-electron chi connectivity index (χ4n) is 1.88. The molecule has 0 aliphatic heterocycles. The molecule has 0 heterocycles. The van der Waals surface area contributed by atoms with E-state index >= 15 is 0 Å². The summed E-state index contributed by atoms with van der Waals surface area (Å²) in [4.78, 5) is 0. The van der Waals surface area contributed by atoms with E-state index in [-0.39, 0.29) is 0 Å². The molecular formula is C15H12INO2. The Kier molecular flexibility index (Phi) is 4.27. The second-order valence-electron chi connectivity index (χ2n) is 3.84. The average molecular weight is 365 g/mol. The van der Waals surface area contributed by atoms with E-state index in [0.717, 1.165) is 14.7 Å². The Hall–Kier alpha value is -1.74. The van der Waals surface area contributed by atoms with Gasteiger partial charge in [0.1, 0.15) is 0 Å². The summed E-state index contributed by atoms with van der Waals surface area (Å²) in [6.45, 7) is 0. The van der Waals surface area contributed by atoms with Gasteiger partial charge < -0.3 is 9.47 Å². The molecule has 3 nitrogen and oxygen atoms in total. The van der Waals surface area contributed by atoms with Crippen molar-refractivity contribution in [3.8, 4) is 28.7 Å². The summed E-state index contributed by atoms with van der Waals surface area (Å²) in [5, 5.41) is 9.19. The molecule has 0 unspecified atom stereocenters. The summed E-state index contributed by atoms with van der Waals surface area (Å²) < 4.78 is 11.6. The third kappa shape index (κ3) is 2.66. The van der Waals surface area contributed by atoms with E-state index in [1.165, 1.54) is 0 Å². The number of ether oxygens (including phenoxy) is 2. The zero-order valence-electron chi connectivity index (χ0n) is 10.6. The van der Waals surface area contributed by atoms with Crippen LogP contribution in [0, 0.1) is 14.9 Å². The lowest BCUT2D eigenvalue weighted by molar-refractivity contribution is 0.355. The van der Waals surface area contributed by atoms with Crippen molar-refractivity contribution in [3.63, 3.8) is 0 Å². The van der Waals surface area contributed by atoms with Gasteiger partial charge in [0.25, 0.3) is 0 Å². The highest BCUT2D eigenvalue weighted by Crippen LogP contribution is 2.37. The fraction of sp³-hybridized carbons (Fsp3) is 0.133. The van der Waals surface area contributed by atoms with Crippen molar-refractivity contribution in [3.05, 3.63) is 45.5 Å². The van der Waals surface area contributed by atoms with Gasteiger partial charge in [0.15, 0.2) is 11.5 Å². The molecule has 4 heteroatoms. The van der Waals surface area contributed by atoms with Crippen LogP contribution in [0.4, 0.5) is 0 Å². The Morgan fingerprint density at radius 2 is 1.63 bits per heavy atom. The predicted molar refractivity (Wildman–Crippen MR) is 82.4 cm³/mol. The van der Waals surface area contributed by atoms with Crippen molar-refractivity contribution in [2.24, 2.45) is 0 Å². The van der Waals surface area contributed by atoms with Crippen molar-refractivity contribution < 1.29 is 9.47 Å². The van der Waals surface area contributed by atoms with Gasteiger partial charge in [-0.1, -0.05) is 18.2 Å². The first-order valence-electron chi connectivity index (χ1n) is 5.62. The van der Waals surface area contributed by atoms with Crippen molar-refractivity contribution in [2.45, 2.75) is 0 Å². The van der Waals surface area contributed by atoms with Gasteiger partial charge in [-0.3, -0.25) is 0 Å². The first-order valence-corrected chi connectivity index (χ1v) is 6.70. The molecule has 2 aromatic rings. The quantitative estimate of drug-likeness (QED) is 0.776. The van der Waals surface area contributed by atoms with Crippen LogP contribution in [0.25, 0.3) is 11.1 Å². The molecule has 0 fully saturated rings. The van der Waals surface area contributed by atoms with Gasteiger partial charge in [-0.05, 0) is 40.8 Å². The monoisotopic (exact) mass is 365 g/mol. The fourth-order valence-corrected chi connectivity index (χ4v) is 2.61. The summed E-state index contributed by atoms with van der Waals surface area (Å²) in [6, 6.07) is 13.5. The van der Waals surface area contributed by atoms with Gasteiger partial charge in [-0.2, -0.15) is 5.26 Å². The van der Waals surface area contributed by atoms with Crippen LogP contribution in [0.5, 0.6) is 11.5 Å². The van der Waals surface area contributed by atoms with E-state index < -0.39 is 0 Å². The van der Waals surface area contributed by atoms with Crippen molar-refractivity contribution in [1.29, 1.82) is 5.26 Å². The number of hydrogen-bond acceptors (Lipinski definition) is 3. The molecule has 0 saturated heterocycles. The van der Waals surface area contributed by atoms with Gasteiger partial charge in [0.05, 0.1) is 25.9 Å². The second-order valence-corrected chi connectivity index (χ2v) is 5.01. The van der Waals surface area contributed by atoms with E-state index in [9.17, 15) is 5.26 Å². The minimum absolute atomic E-state index is 0.646. The summed E-state index contributed by atoms with van der Waals surface area (Å²) in [6.07, 6.45) is 0. The molecule has 0 amide bonds. The number of methoxy groups -OCH3 is 2. The van der Waals surface area contributed by atoms with Gasteiger partial charge in [0.2, 0.25) is 0 Å². The minimum Gasteiger partial charge on any atom is -0.493 e. The molecule has 0 aromatic heterocycles. The highest BCUT2D eigenvalue weighted by molar-refractivity contribution is 14.1. The second kappa shape index (κ2) is 5.93. The maximum absolute atomic E-state index is 9.19. The van der Waals surface area contributed by atoms with Gasteiger partial charge in [-0.25, -0.2) is 0 Å². The summed E-state index contributed by atoms with van der Waals surface area (Å²) in [7, 11) is 3.21. The minimum atomic E-state index is 0.646. The SMILES string of the molecule is COc1cc(I)c(-c2ccccc2C#N)cc1OC. The summed E-state index contributed by atoms with van der Waals surface area (Å²) in [5.41, 5.74) is 2.51. The topological polar surface area (TPSA) is 42.2 Å². The number of rotatable bonds is 3. The van der Waals surface area contributed by atoms with Gasteiger partial charge in [-0.15, -0.1) is 0 Å². The Labute approximate surface area is 125 Å². The maximum Gasteiger partial charge on any atom is 0.161 e. The number of halogens is 1. The lowest BCUT2D eigenvalue weighted by atomic mass is 10.00. The summed E-state index contributed by atoms with van der Waals surface area (Å²) >= 11 is 2.23. The van der Waals surface area contributed by atoms with Crippen LogP contribution in [0.3, 0.4) is 0 Å². The third-order valence-corrected chi connectivity index (χ3v) is 3.70. The predicted octanol–water partition coefficient (Wildman–Crippen LogP) is 3.85. The molecule has 0 aliphatic rings. The van der Waals surface area contributed by atoms with Crippen molar-refractivity contribution in [1.82, 2.24) is 0 Å². The zero-order chi connectivity index (χ0) is 13.8. The lowest BCUT2D eigenvalue weighted by Gasteiger charge is -2.12. The van der Waals surface area contributed by atoms with Crippen molar-refractivity contribution >= 4 is 22.6 Å². The smallest absolute Gasteiger partial charge is 0.161 e. The lowest BCUT2D eigenvalue weighted by Crippen LogP contribution is -1.94. The van der Waals surface area contributed by atoms with Crippen LogP contribution in [0.1, 0.15) is 5.56 Å². The van der Waals surface area contributed by atoms with E-state index in [4.69, 9.17) is 9.47 Å². The van der Waals surface area contributed by atoms with Gasteiger partial charge >= 0.3 is 0 Å². The maximum atomic E-state index is 9.19. The molecule has 96 valence electrons. The average Bonchev–Trinajstić information content (AvgIpc) is 2.46. The van der Waals surface area contributed by atoms with E-state index in [1.807, 2.05) is 36.4 Å². The van der Waals surface area contributed by atoms with Crippen LogP contribution in [0.2, 0.25) is 0 Å². The number of hydrogen-bond donors (Lipinski definition) is 0. The van der Waals surface area contributed by atoms with Gasteiger partial charge in [0, 0.05) is 14.7 Å². The summed E-state index contributed by atoms with van der Waals surface area (Å²) in [5.74, 6) is 1.34. The molecule has 0 atom stereocenters. The van der Waals surface area contributed by atoms with Crippen LogP contribution in [-0.4, -0.2) is 14.2 Å². The molecule has 0 saturated carbocycles. The molecule has 0 bridgehead atoms. The number of nitrogens with zero attached hydrogens (tertiary/aromatic N) is 1. The Balaban J connectivity index is 2.66. The van der Waals surface area contributed by atoms with E-state index in [0.29, 0.717) is 17.1 Å². The highest BCUT2D eigenvalue weighted by Gasteiger charge is 2.13. The van der Waals surface area contributed by atoms with Crippen LogP contribution < -0.4 is 9.47 Å². The number of nitriles is 1. The van der Waals surface area contributed by atoms with E-state index in [2.05, 4.69) is 28.7 Å². The molecule has 19 heavy (non-hydrogen) atoms. The molecule has 0 radical (unpaired) electrons. The normalized spacial score (nSPS) is 9.79. The van der Waals surface area contributed by atoms with Crippen LogP contribution in [0.15, 0.2) is 36.4 Å². The molecule has 0 N–H and O–H groups in total. The molecule has 0 spiro atoms. The molecule has 2 aromatic carbocycles. The van der Waals surface area contributed by atoms with Crippen molar-refractivity contribution in [2.75, 3.05) is 14.2 Å².